The Morgan fingerprint density at radius 3 is 2.79 bits per heavy atom. The first-order valence-corrected chi connectivity index (χ1v) is 10.3. The number of aryl methyl sites for hydroxylation is 1. The van der Waals surface area contributed by atoms with Gasteiger partial charge in [0.15, 0.2) is 5.96 Å². The zero-order valence-corrected chi connectivity index (χ0v) is 19.3. The van der Waals surface area contributed by atoms with Crippen LogP contribution in [0.15, 0.2) is 23.2 Å². The van der Waals surface area contributed by atoms with Gasteiger partial charge < -0.3 is 20.5 Å². The van der Waals surface area contributed by atoms with E-state index in [4.69, 9.17) is 15.2 Å². The van der Waals surface area contributed by atoms with Crippen molar-refractivity contribution in [3.8, 4) is 5.75 Å². The number of nitrogens with one attached hydrogen (secondary N) is 1. The molecule has 6 nitrogen and oxygen atoms in total. The minimum Gasteiger partial charge on any atom is -0.490 e. The van der Waals surface area contributed by atoms with Crippen molar-refractivity contribution in [3.63, 3.8) is 0 Å². The second-order valence-electron chi connectivity index (χ2n) is 7.57. The summed E-state index contributed by atoms with van der Waals surface area (Å²) in [5.74, 6) is 1.47. The van der Waals surface area contributed by atoms with Crippen molar-refractivity contribution < 1.29 is 9.47 Å². The summed E-state index contributed by atoms with van der Waals surface area (Å²) in [7, 11) is 0. The molecule has 3 rings (SSSR count). The Balaban J connectivity index is 0.00000280. The molecule has 1 heterocycles. The maximum atomic E-state index is 6.24. The van der Waals surface area contributed by atoms with E-state index in [0.717, 1.165) is 70.0 Å². The maximum Gasteiger partial charge on any atom is 0.188 e. The monoisotopic (exact) mass is 502 g/mol. The highest BCUT2D eigenvalue weighted by Crippen LogP contribution is 2.28. The maximum absolute atomic E-state index is 6.24. The van der Waals surface area contributed by atoms with Gasteiger partial charge in [-0.2, -0.15) is 0 Å². The number of ether oxygens (including phenoxy) is 2. The van der Waals surface area contributed by atoms with Gasteiger partial charge in [0.25, 0.3) is 0 Å². The van der Waals surface area contributed by atoms with Crippen LogP contribution in [0.2, 0.25) is 0 Å². The molecule has 1 saturated carbocycles. The van der Waals surface area contributed by atoms with E-state index < -0.39 is 0 Å². The average Bonchev–Trinajstić information content (AvgIpc) is 3.18. The van der Waals surface area contributed by atoms with Gasteiger partial charge in [0.2, 0.25) is 0 Å². The average molecular weight is 502 g/mol. The number of rotatable bonds is 8. The molecule has 1 aliphatic carbocycles. The lowest BCUT2D eigenvalue weighted by atomic mass is 10.1. The van der Waals surface area contributed by atoms with Crippen molar-refractivity contribution in [2.45, 2.75) is 51.7 Å². The van der Waals surface area contributed by atoms with E-state index in [1.54, 1.807) is 0 Å². The van der Waals surface area contributed by atoms with Crippen molar-refractivity contribution in [1.29, 1.82) is 0 Å². The van der Waals surface area contributed by atoms with Crippen LogP contribution in [0.4, 0.5) is 0 Å². The Morgan fingerprint density at radius 2 is 2.04 bits per heavy atom. The number of halogens is 1. The van der Waals surface area contributed by atoms with Gasteiger partial charge in [0.1, 0.15) is 5.75 Å². The first kappa shape index (κ1) is 23.2. The minimum absolute atomic E-state index is 0. The molecule has 0 unspecified atom stereocenters. The predicted octanol–water partition coefficient (Wildman–Crippen LogP) is 3.06. The van der Waals surface area contributed by atoms with E-state index in [1.807, 2.05) is 0 Å². The number of hydrogen-bond donors (Lipinski definition) is 2. The van der Waals surface area contributed by atoms with Crippen LogP contribution in [0.25, 0.3) is 0 Å². The van der Waals surface area contributed by atoms with E-state index >= 15 is 0 Å². The SMILES string of the molecule is Cc1ccc(CN=C(N)NCCCN2CCOCC2)c(OC2CCCC2)c1.I. The Kier molecular flexibility index (Phi) is 10.4. The quantitative estimate of drug-likeness (QED) is 0.248. The zero-order valence-electron chi connectivity index (χ0n) is 17.0. The van der Waals surface area contributed by atoms with Crippen LogP contribution < -0.4 is 15.8 Å². The molecule has 7 heteroatoms. The van der Waals surface area contributed by atoms with Crippen LogP contribution >= 0.6 is 24.0 Å². The zero-order chi connectivity index (χ0) is 18.9. The van der Waals surface area contributed by atoms with Gasteiger partial charge in [-0.1, -0.05) is 12.1 Å². The van der Waals surface area contributed by atoms with E-state index in [9.17, 15) is 0 Å². The number of benzene rings is 1. The topological polar surface area (TPSA) is 72.1 Å². The molecule has 2 fully saturated rings. The van der Waals surface area contributed by atoms with Crippen molar-refractivity contribution in [2.75, 3.05) is 39.4 Å². The number of morpholine rings is 1. The lowest BCUT2D eigenvalue weighted by Crippen LogP contribution is -2.39. The molecule has 28 heavy (non-hydrogen) atoms. The molecular weight excluding hydrogens is 467 g/mol. The molecular formula is C21H35IN4O2. The van der Waals surface area contributed by atoms with Crippen LogP contribution in [0.5, 0.6) is 5.75 Å². The summed E-state index contributed by atoms with van der Waals surface area (Å²) >= 11 is 0. The fourth-order valence-corrected chi connectivity index (χ4v) is 3.66. The fourth-order valence-electron chi connectivity index (χ4n) is 3.66. The molecule has 1 aromatic rings. The summed E-state index contributed by atoms with van der Waals surface area (Å²) in [6.45, 7) is 8.30. The predicted molar refractivity (Wildman–Crippen MR) is 125 cm³/mol. The molecule has 1 saturated heterocycles. The molecule has 0 spiro atoms. The molecule has 0 aromatic heterocycles. The van der Waals surface area contributed by atoms with Crippen molar-refractivity contribution in [1.82, 2.24) is 10.2 Å². The molecule has 3 N–H and O–H groups in total. The molecule has 1 aromatic carbocycles. The molecule has 0 atom stereocenters. The summed E-state index contributed by atoms with van der Waals surface area (Å²) in [5, 5.41) is 3.23. The number of guanidine groups is 1. The number of hydrogen-bond acceptors (Lipinski definition) is 4. The summed E-state index contributed by atoms with van der Waals surface area (Å²) in [5.41, 5.74) is 8.36. The van der Waals surface area contributed by atoms with Gasteiger partial charge in [-0.3, -0.25) is 4.90 Å². The first-order chi connectivity index (χ1) is 13.2. The van der Waals surface area contributed by atoms with Gasteiger partial charge in [0.05, 0.1) is 25.9 Å². The second-order valence-corrected chi connectivity index (χ2v) is 7.57. The molecule has 158 valence electrons. The summed E-state index contributed by atoms with van der Waals surface area (Å²) < 4.78 is 11.6. The first-order valence-electron chi connectivity index (χ1n) is 10.3. The van der Waals surface area contributed by atoms with Crippen molar-refractivity contribution in [3.05, 3.63) is 29.3 Å². The Morgan fingerprint density at radius 1 is 1.29 bits per heavy atom. The van der Waals surface area contributed by atoms with E-state index in [2.05, 4.69) is 40.3 Å². The van der Waals surface area contributed by atoms with Crippen LogP contribution in [0.1, 0.15) is 43.2 Å². The van der Waals surface area contributed by atoms with Crippen LogP contribution in [-0.2, 0) is 11.3 Å². The van der Waals surface area contributed by atoms with Gasteiger partial charge >= 0.3 is 0 Å². The van der Waals surface area contributed by atoms with E-state index in [-0.39, 0.29) is 24.0 Å². The lowest BCUT2D eigenvalue weighted by molar-refractivity contribution is 0.0376. The number of nitrogens with zero attached hydrogens (tertiary/aromatic N) is 2. The Bertz CT molecular complexity index is 614. The highest BCUT2D eigenvalue weighted by atomic mass is 127. The van der Waals surface area contributed by atoms with Gasteiger partial charge in [-0.25, -0.2) is 4.99 Å². The summed E-state index contributed by atoms with van der Waals surface area (Å²) in [6.07, 6.45) is 6.26. The largest absolute Gasteiger partial charge is 0.490 e. The molecule has 0 radical (unpaired) electrons. The normalized spacial score (nSPS) is 18.7. The van der Waals surface area contributed by atoms with Crippen LogP contribution in [-0.4, -0.2) is 56.4 Å². The smallest absolute Gasteiger partial charge is 0.188 e. The van der Waals surface area contributed by atoms with Crippen LogP contribution in [0.3, 0.4) is 0 Å². The third kappa shape index (κ3) is 7.75. The van der Waals surface area contributed by atoms with E-state index in [1.165, 1.54) is 18.4 Å². The molecule has 2 aliphatic rings. The lowest BCUT2D eigenvalue weighted by Gasteiger charge is -2.26. The van der Waals surface area contributed by atoms with Gasteiger partial charge in [-0.05, 0) is 57.2 Å². The Labute approximate surface area is 186 Å². The van der Waals surface area contributed by atoms with Gasteiger partial charge in [-0.15, -0.1) is 24.0 Å². The second kappa shape index (κ2) is 12.5. The number of nitrogens with two attached hydrogens (primary N) is 1. The fraction of sp³-hybridized carbons (Fsp3) is 0.667. The molecule has 0 bridgehead atoms. The summed E-state index contributed by atoms with van der Waals surface area (Å²) in [4.78, 5) is 6.94. The van der Waals surface area contributed by atoms with Gasteiger partial charge in [0, 0.05) is 25.2 Å². The third-order valence-electron chi connectivity index (χ3n) is 5.30. The van der Waals surface area contributed by atoms with Crippen molar-refractivity contribution in [2.24, 2.45) is 10.7 Å². The van der Waals surface area contributed by atoms with Crippen molar-refractivity contribution >= 4 is 29.9 Å². The third-order valence-corrected chi connectivity index (χ3v) is 5.30. The van der Waals surface area contributed by atoms with Crippen LogP contribution in [0, 0.1) is 6.92 Å². The highest BCUT2D eigenvalue weighted by Gasteiger charge is 2.18. The van der Waals surface area contributed by atoms with E-state index in [0.29, 0.717) is 18.6 Å². The number of aliphatic imine (C=N–C) groups is 1. The minimum atomic E-state index is 0. The summed E-state index contributed by atoms with van der Waals surface area (Å²) in [6, 6.07) is 6.34. The highest BCUT2D eigenvalue weighted by molar-refractivity contribution is 14.0. The standard InChI is InChI=1S/C21H34N4O2.HI/c1-17-7-8-18(20(15-17)27-19-5-2-3-6-19)16-24-21(22)23-9-4-10-25-11-13-26-14-12-25;/h7-8,15,19H,2-6,9-14,16H2,1H3,(H3,22,23,24);1H. The Hall–Kier alpha value is -1.06. The molecule has 0 amide bonds. The molecule has 1 aliphatic heterocycles.